The number of rotatable bonds is 5. The number of allylic oxidation sites excluding steroid dienone is 1. The van der Waals surface area contributed by atoms with Crippen molar-refractivity contribution in [2.75, 3.05) is 6.61 Å². The van der Waals surface area contributed by atoms with Gasteiger partial charge in [0.25, 0.3) is 5.95 Å². The van der Waals surface area contributed by atoms with Crippen molar-refractivity contribution >= 4 is 0 Å². The quantitative estimate of drug-likeness (QED) is 0.688. The molecule has 1 unspecified atom stereocenters. The van der Waals surface area contributed by atoms with Gasteiger partial charge >= 0.3 is 0 Å². The van der Waals surface area contributed by atoms with E-state index in [4.69, 9.17) is 9.47 Å². The van der Waals surface area contributed by atoms with Crippen LogP contribution in [0.4, 0.5) is 0 Å². The van der Waals surface area contributed by atoms with Gasteiger partial charge in [-0.2, -0.15) is 0 Å². The van der Waals surface area contributed by atoms with E-state index in [1.807, 2.05) is 6.08 Å². The molecule has 1 rings (SSSR count). The predicted molar refractivity (Wildman–Crippen MR) is 62.5 cm³/mol. The van der Waals surface area contributed by atoms with Gasteiger partial charge in [0.15, 0.2) is 0 Å². The second-order valence-corrected chi connectivity index (χ2v) is 4.94. The first-order chi connectivity index (χ1) is 7.10. The smallest absolute Gasteiger partial charge is 0.275 e. The SMILES string of the molecule is CC/C=C1/OCC(C(C)(C)CCCC)O1. The third-order valence-corrected chi connectivity index (χ3v) is 3.05. The minimum Gasteiger partial charge on any atom is -0.462 e. The first kappa shape index (κ1) is 12.4. The van der Waals surface area contributed by atoms with Crippen molar-refractivity contribution in [3.8, 4) is 0 Å². The average molecular weight is 212 g/mol. The van der Waals surface area contributed by atoms with E-state index >= 15 is 0 Å². The topological polar surface area (TPSA) is 18.5 Å². The van der Waals surface area contributed by atoms with Crippen LogP contribution in [0.25, 0.3) is 0 Å². The molecular weight excluding hydrogens is 188 g/mol. The van der Waals surface area contributed by atoms with Crippen molar-refractivity contribution in [3.05, 3.63) is 12.0 Å². The summed E-state index contributed by atoms with van der Waals surface area (Å²) in [5, 5.41) is 0. The summed E-state index contributed by atoms with van der Waals surface area (Å²) in [4.78, 5) is 0. The van der Waals surface area contributed by atoms with Crippen molar-refractivity contribution in [3.63, 3.8) is 0 Å². The molecule has 0 amide bonds. The van der Waals surface area contributed by atoms with E-state index < -0.39 is 0 Å². The van der Waals surface area contributed by atoms with Gasteiger partial charge in [-0.25, -0.2) is 0 Å². The lowest BCUT2D eigenvalue weighted by atomic mass is 9.82. The van der Waals surface area contributed by atoms with E-state index in [1.54, 1.807) is 0 Å². The largest absolute Gasteiger partial charge is 0.462 e. The normalized spacial score (nSPS) is 24.0. The zero-order valence-electron chi connectivity index (χ0n) is 10.5. The van der Waals surface area contributed by atoms with Crippen LogP contribution in [0.1, 0.15) is 53.4 Å². The maximum atomic E-state index is 5.80. The van der Waals surface area contributed by atoms with Gasteiger partial charge in [0.05, 0.1) is 0 Å². The third kappa shape index (κ3) is 3.44. The molecule has 0 spiro atoms. The molecule has 1 aliphatic rings. The molecule has 0 saturated carbocycles. The Hall–Kier alpha value is -0.660. The van der Waals surface area contributed by atoms with Crippen LogP contribution < -0.4 is 0 Å². The Morgan fingerprint density at radius 2 is 2.13 bits per heavy atom. The van der Waals surface area contributed by atoms with Crippen LogP contribution in [0.2, 0.25) is 0 Å². The highest BCUT2D eigenvalue weighted by Crippen LogP contribution is 2.34. The summed E-state index contributed by atoms with van der Waals surface area (Å²) >= 11 is 0. The van der Waals surface area contributed by atoms with Gasteiger partial charge in [-0.3, -0.25) is 0 Å². The Bertz CT molecular complexity index is 219. The van der Waals surface area contributed by atoms with E-state index in [0.29, 0.717) is 6.61 Å². The summed E-state index contributed by atoms with van der Waals surface area (Å²) in [6.07, 6.45) is 6.92. The molecule has 1 heterocycles. The van der Waals surface area contributed by atoms with Gasteiger partial charge in [0.1, 0.15) is 12.7 Å². The molecule has 1 saturated heterocycles. The molecule has 0 aromatic heterocycles. The van der Waals surface area contributed by atoms with Crippen LogP contribution >= 0.6 is 0 Å². The highest BCUT2D eigenvalue weighted by Gasteiger charge is 2.36. The van der Waals surface area contributed by atoms with Crippen molar-refractivity contribution in [2.24, 2.45) is 5.41 Å². The van der Waals surface area contributed by atoms with Crippen LogP contribution in [-0.2, 0) is 9.47 Å². The number of hydrogen-bond acceptors (Lipinski definition) is 2. The summed E-state index contributed by atoms with van der Waals surface area (Å²) in [7, 11) is 0. The van der Waals surface area contributed by atoms with Crippen molar-refractivity contribution < 1.29 is 9.47 Å². The number of hydrogen-bond donors (Lipinski definition) is 0. The number of unbranched alkanes of at least 4 members (excludes halogenated alkanes) is 1. The highest BCUT2D eigenvalue weighted by atomic mass is 16.7. The van der Waals surface area contributed by atoms with Gasteiger partial charge in [-0.05, 0) is 18.9 Å². The molecule has 0 radical (unpaired) electrons. The number of ether oxygens (including phenoxy) is 2. The van der Waals surface area contributed by atoms with Crippen molar-refractivity contribution in [2.45, 2.75) is 59.5 Å². The van der Waals surface area contributed by atoms with Gasteiger partial charge in [-0.1, -0.05) is 40.5 Å². The maximum absolute atomic E-state index is 5.80. The fourth-order valence-electron chi connectivity index (χ4n) is 1.82. The van der Waals surface area contributed by atoms with Crippen LogP contribution in [-0.4, -0.2) is 12.7 Å². The van der Waals surface area contributed by atoms with Gasteiger partial charge in [0.2, 0.25) is 0 Å². The fourth-order valence-corrected chi connectivity index (χ4v) is 1.82. The first-order valence-corrected chi connectivity index (χ1v) is 6.09. The van der Waals surface area contributed by atoms with Crippen LogP contribution in [0, 0.1) is 5.41 Å². The zero-order valence-corrected chi connectivity index (χ0v) is 10.5. The molecule has 0 aliphatic carbocycles. The summed E-state index contributed by atoms with van der Waals surface area (Å²) < 4.78 is 11.3. The van der Waals surface area contributed by atoms with E-state index in [-0.39, 0.29) is 11.5 Å². The van der Waals surface area contributed by atoms with Gasteiger partial charge < -0.3 is 9.47 Å². The molecule has 88 valence electrons. The standard InChI is InChI=1S/C13H24O2/c1-5-7-9-13(3,4)11-10-14-12(15-11)8-6-2/h8,11H,5-7,9-10H2,1-4H3/b12-8-. The zero-order chi connectivity index (χ0) is 11.3. The second kappa shape index (κ2) is 5.43. The molecule has 2 heteroatoms. The van der Waals surface area contributed by atoms with Crippen LogP contribution in [0.3, 0.4) is 0 Å². The predicted octanol–water partition coefficient (Wildman–Crippen LogP) is 3.87. The molecule has 1 aliphatic heterocycles. The lowest BCUT2D eigenvalue weighted by Gasteiger charge is -2.28. The molecule has 15 heavy (non-hydrogen) atoms. The van der Waals surface area contributed by atoms with E-state index in [0.717, 1.165) is 12.4 Å². The first-order valence-electron chi connectivity index (χ1n) is 6.09. The maximum Gasteiger partial charge on any atom is 0.275 e. The third-order valence-electron chi connectivity index (χ3n) is 3.05. The summed E-state index contributed by atoms with van der Waals surface area (Å²) in [5.74, 6) is 0.729. The summed E-state index contributed by atoms with van der Waals surface area (Å²) in [6, 6.07) is 0. The molecule has 0 aromatic rings. The Morgan fingerprint density at radius 3 is 2.73 bits per heavy atom. The average Bonchev–Trinajstić information content (AvgIpc) is 2.65. The molecular formula is C13H24O2. The highest BCUT2D eigenvalue weighted by molar-refractivity contribution is 4.93. The van der Waals surface area contributed by atoms with E-state index in [1.165, 1.54) is 19.3 Å². The van der Waals surface area contributed by atoms with Gasteiger partial charge in [-0.15, -0.1) is 0 Å². The Balaban J connectivity index is 2.47. The van der Waals surface area contributed by atoms with Crippen LogP contribution in [0.15, 0.2) is 12.0 Å². The summed E-state index contributed by atoms with van der Waals surface area (Å²) in [5.41, 5.74) is 0.222. The molecule has 0 N–H and O–H groups in total. The lowest BCUT2D eigenvalue weighted by molar-refractivity contribution is 0.0482. The molecule has 1 atom stereocenters. The van der Waals surface area contributed by atoms with Crippen molar-refractivity contribution in [1.82, 2.24) is 0 Å². The second-order valence-electron chi connectivity index (χ2n) is 4.94. The monoisotopic (exact) mass is 212 g/mol. The molecule has 0 aromatic carbocycles. The molecule has 0 bridgehead atoms. The van der Waals surface area contributed by atoms with Crippen molar-refractivity contribution in [1.29, 1.82) is 0 Å². The van der Waals surface area contributed by atoms with E-state index in [2.05, 4.69) is 27.7 Å². The van der Waals surface area contributed by atoms with E-state index in [9.17, 15) is 0 Å². The fraction of sp³-hybridized carbons (Fsp3) is 0.846. The van der Waals surface area contributed by atoms with Gasteiger partial charge in [0, 0.05) is 5.41 Å². The Kier molecular flexibility index (Phi) is 4.49. The lowest BCUT2D eigenvalue weighted by Crippen LogP contribution is -2.31. The molecule has 1 fully saturated rings. The Labute approximate surface area is 93.7 Å². The minimum absolute atomic E-state index is 0.222. The minimum atomic E-state index is 0.222. The molecule has 2 nitrogen and oxygen atoms in total. The van der Waals surface area contributed by atoms with Crippen LogP contribution in [0.5, 0.6) is 0 Å². The Morgan fingerprint density at radius 1 is 1.40 bits per heavy atom. The summed E-state index contributed by atoms with van der Waals surface area (Å²) in [6.45, 7) is 9.57.